The zero-order valence-electron chi connectivity index (χ0n) is 9.93. The van der Waals surface area contributed by atoms with Crippen molar-refractivity contribution in [3.8, 4) is 0 Å². The molecule has 0 aromatic heterocycles. The van der Waals surface area contributed by atoms with E-state index in [2.05, 4.69) is 72.9 Å². The second-order valence-electron chi connectivity index (χ2n) is 3.28. The Balaban J connectivity index is 0. The minimum absolute atomic E-state index is 0. The zero-order valence-corrected chi connectivity index (χ0v) is 12.2. The first kappa shape index (κ1) is 18.8. The van der Waals surface area contributed by atoms with Crippen molar-refractivity contribution in [1.29, 1.82) is 0 Å². The van der Waals surface area contributed by atoms with Crippen molar-refractivity contribution < 1.29 is 34.1 Å². The van der Waals surface area contributed by atoms with Crippen molar-refractivity contribution in [2.45, 2.75) is 19.3 Å². The largest absolute Gasteiger partial charge is 2.00 e. The molecule has 88 valence electrons. The summed E-state index contributed by atoms with van der Waals surface area (Å²) in [7, 11) is 0. The Morgan fingerprint density at radius 3 is 0.647 bits per heavy atom. The molecule has 0 spiro atoms. The number of hydrogen-bond donors (Lipinski definition) is 0. The number of halogens is 1. The smallest absolute Gasteiger partial charge is 1.00 e. The summed E-state index contributed by atoms with van der Waals surface area (Å²) in [4.78, 5) is 0. The van der Waals surface area contributed by atoms with Crippen LogP contribution in [0.2, 0.25) is 0 Å². The summed E-state index contributed by atoms with van der Waals surface area (Å²) >= 11 is 0. The first-order valence-electron chi connectivity index (χ1n) is 5.45. The molecule has 0 aromatic rings. The van der Waals surface area contributed by atoms with Gasteiger partial charge in [-0.3, -0.25) is 0 Å². The van der Waals surface area contributed by atoms with Gasteiger partial charge in [0.05, 0.1) is 0 Å². The van der Waals surface area contributed by atoms with E-state index in [1.807, 2.05) is 0 Å². The van der Waals surface area contributed by atoms with Crippen molar-refractivity contribution in [2.24, 2.45) is 0 Å². The molecule has 0 aromatic carbocycles. The average Bonchev–Trinajstić information content (AvgIpc) is 3.09. The third-order valence-electron chi connectivity index (χ3n) is 1.97. The molecule has 0 aliphatic heterocycles. The third-order valence-corrected chi connectivity index (χ3v) is 1.97. The van der Waals surface area contributed by atoms with E-state index in [9.17, 15) is 0 Å². The Morgan fingerprint density at radius 2 is 0.588 bits per heavy atom. The molecule has 0 heterocycles. The maximum atomic E-state index is 2.12. The monoisotopic (exact) mass is 281 g/mol. The molecule has 0 unspecified atom stereocenters. The van der Waals surface area contributed by atoms with Crippen LogP contribution < -0.4 is 12.4 Å². The molecule has 0 saturated heterocycles. The van der Waals surface area contributed by atoms with Gasteiger partial charge in [0.25, 0.3) is 0 Å². The van der Waals surface area contributed by atoms with Crippen LogP contribution in [0.3, 0.4) is 0 Å². The molecule has 0 nitrogen and oxygen atoms in total. The van der Waals surface area contributed by atoms with Crippen molar-refractivity contribution in [3.63, 3.8) is 0 Å². The zero-order chi connectivity index (χ0) is 10.6. The molecular formula is C15H18ClTi+. The standard InChI is InChI=1S/3C5H6.ClH.Ti/c3*1-2-4-5-3-1;;/h3*1-4H,5H2;1H;/q;;;;+2/p-1. The molecule has 3 rings (SSSR count). The number of allylic oxidation sites excluding steroid dienone is 12. The molecule has 0 saturated carbocycles. The molecule has 3 aliphatic rings. The molecule has 17 heavy (non-hydrogen) atoms. The maximum absolute atomic E-state index is 2.12. The van der Waals surface area contributed by atoms with E-state index in [1.54, 1.807) is 0 Å². The maximum Gasteiger partial charge on any atom is 2.00 e. The number of hydrogen-bond acceptors (Lipinski definition) is 0. The predicted octanol–water partition coefficient (Wildman–Crippen LogP) is 1.51. The second kappa shape index (κ2) is 15.4. The Hall–Kier alpha value is -0.556. The summed E-state index contributed by atoms with van der Waals surface area (Å²) < 4.78 is 0. The van der Waals surface area contributed by atoms with Gasteiger partial charge in [0.15, 0.2) is 0 Å². The second-order valence-corrected chi connectivity index (χ2v) is 3.28. The van der Waals surface area contributed by atoms with Crippen LogP contribution >= 0.6 is 0 Å². The Bertz CT molecular complexity index is 238. The molecule has 3 aliphatic carbocycles. The summed E-state index contributed by atoms with van der Waals surface area (Å²) in [6.45, 7) is 0. The molecule has 0 N–H and O–H groups in total. The molecule has 0 atom stereocenters. The minimum atomic E-state index is 0. The quantitative estimate of drug-likeness (QED) is 0.591. The fraction of sp³-hybridized carbons (Fsp3) is 0.200. The molecule has 0 amide bonds. The van der Waals surface area contributed by atoms with E-state index in [-0.39, 0.29) is 34.1 Å². The topological polar surface area (TPSA) is 0 Å². The summed E-state index contributed by atoms with van der Waals surface area (Å²) in [6.07, 6.45) is 28.5. The Kier molecular flexibility index (Phi) is 17.1. The van der Waals surface area contributed by atoms with Crippen molar-refractivity contribution in [2.75, 3.05) is 0 Å². The molecule has 2 heteroatoms. The third kappa shape index (κ3) is 13.4. The van der Waals surface area contributed by atoms with Gasteiger partial charge in [0.1, 0.15) is 0 Å². The van der Waals surface area contributed by atoms with E-state index in [0.717, 1.165) is 19.3 Å². The van der Waals surface area contributed by atoms with E-state index < -0.39 is 0 Å². The van der Waals surface area contributed by atoms with Crippen LogP contribution in [0.15, 0.2) is 72.9 Å². The first-order chi connectivity index (χ1) is 7.50. The minimum Gasteiger partial charge on any atom is -1.00 e. The molecular weight excluding hydrogens is 263 g/mol. The van der Waals surface area contributed by atoms with Gasteiger partial charge in [-0.15, -0.1) is 0 Å². The van der Waals surface area contributed by atoms with E-state index in [1.165, 1.54) is 0 Å². The van der Waals surface area contributed by atoms with Crippen LogP contribution in [0.25, 0.3) is 0 Å². The van der Waals surface area contributed by atoms with Crippen LogP contribution in [-0.2, 0) is 21.7 Å². The van der Waals surface area contributed by atoms with Gasteiger partial charge in [-0.1, -0.05) is 72.9 Å². The van der Waals surface area contributed by atoms with Gasteiger partial charge in [-0.2, -0.15) is 0 Å². The SMILES string of the molecule is C1=CCC=C1.C1=CCC=C1.C1=CCC=C1.[Cl-].[Ti+2]. The molecule has 0 fully saturated rings. The van der Waals surface area contributed by atoms with Crippen molar-refractivity contribution in [3.05, 3.63) is 72.9 Å². The number of rotatable bonds is 0. The van der Waals surface area contributed by atoms with Crippen LogP contribution in [-0.4, -0.2) is 0 Å². The van der Waals surface area contributed by atoms with Gasteiger partial charge >= 0.3 is 21.7 Å². The van der Waals surface area contributed by atoms with Crippen LogP contribution in [0.1, 0.15) is 19.3 Å². The summed E-state index contributed by atoms with van der Waals surface area (Å²) in [5.74, 6) is 0. The Morgan fingerprint density at radius 1 is 0.412 bits per heavy atom. The van der Waals surface area contributed by atoms with Gasteiger partial charge < -0.3 is 12.4 Å². The fourth-order valence-corrected chi connectivity index (χ4v) is 1.18. The van der Waals surface area contributed by atoms with E-state index in [4.69, 9.17) is 0 Å². The summed E-state index contributed by atoms with van der Waals surface area (Å²) in [6, 6.07) is 0. The normalized spacial score (nSPS) is 15.5. The van der Waals surface area contributed by atoms with Crippen LogP contribution in [0.5, 0.6) is 0 Å². The molecule has 0 radical (unpaired) electrons. The van der Waals surface area contributed by atoms with Gasteiger partial charge in [0, 0.05) is 0 Å². The predicted molar refractivity (Wildman–Crippen MR) is 68.7 cm³/mol. The summed E-state index contributed by atoms with van der Waals surface area (Å²) in [5.41, 5.74) is 0. The van der Waals surface area contributed by atoms with Crippen molar-refractivity contribution >= 4 is 0 Å². The summed E-state index contributed by atoms with van der Waals surface area (Å²) in [5, 5.41) is 0. The average molecular weight is 282 g/mol. The van der Waals surface area contributed by atoms with Crippen LogP contribution in [0.4, 0.5) is 0 Å². The first-order valence-corrected chi connectivity index (χ1v) is 5.45. The fourth-order valence-electron chi connectivity index (χ4n) is 1.18. The van der Waals surface area contributed by atoms with Gasteiger partial charge in [-0.25, -0.2) is 0 Å². The Labute approximate surface area is 126 Å². The molecule has 0 bridgehead atoms. The van der Waals surface area contributed by atoms with E-state index in [0.29, 0.717) is 0 Å². The van der Waals surface area contributed by atoms with Crippen molar-refractivity contribution in [1.82, 2.24) is 0 Å². The van der Waals surface area contributed by atoms with Gasteiger partial charge in [-0.05, 0) is 19.3 Å². The van der Waals surface area contributed by atoms with Gasteiger partial charge in [0.2, 0.25) is 0 Å². The van der Waals surface area contributed by atoms with Crippen LogP contribution in [0, 0.1) is 0 Å². The van der Waals surface area contributed by atoms with E-state index >= 15 is 0 Å².